The van der Waals surface area contributed by atoms with E-state index in [0.29, 0.717) is 12.1 Å². The van der Waals surface area contributed by atoms with E-state index in [1.165, 1.54) is 24.1 Å². The molecule has 0 unspecified atom stereocenters. The number of carbonyl (C=O) groups excluding carboxylic acids is 2. The number of hydrogen-bond acceptors (Lipinski definition) is 4. The molecule has 196 valence electrons. The van der Waals surface area contributed by atoms with Gasteiger partial charge in [0.15, 0.2) is 0 Å². The van der Waals surface area contributed by atoms with Crippen molar-refractivity contribution in [2.45, 2.75) is 32.4 Å². The third kappa shape index (κ3) is 7.16. The van der Waals surface area contributed by atoms with Crippen LogP contribution in [0.15, 0.2) is 78.9 Å². The molecule has 3 aromatic carbocycles. The van der Waals surface area contributed by atoms with E-state index in [4.69, 9.17) is 0 Å². The highest BCUT2D eigenvalue weighted by Gasteiger charge is 2.33. The van der Waals surface area contributed by atoms with Crippen LogP contribution >= 0.6 is 0 Å². The third-order valence-electron chi connectivity index (χ3n) is 6.14. The van der Waals surface area contributed by atoms with Crippen LogP contribution in [0.2, 0.25) is 0 Å². The Bertz CT molecular complexity index is 1330. The van der Waals surface area contributed by atoms with Crippen LogP contribution in [0.4, 0.5) is 10.1 Å². The lowest BCUT2D eigenvalue weighted by Gasteiger charge is -2.33. The Balaban J connectivity index is 2.06. The van der Waals surface area contributed by atoms with Gasteiger partial charge in [0.25, 0.3) is 0 Å². The van der Waals surface area contributed by atoms with E-state index in [0.717, 1.165) is 21.7 Å². The molecule has 0 aliphatic rings. The normalized spacial score (nSPS) is 12.0. The Morgan fingerprint density at radius 3 is 2.11 bits per heavy atom. The molecule has 1 N–H and O–H groups in total. The van der Waals surface area contributed by atoms with Gasteiger partial charge in [0.05, 0.1) is 11.9 Å². The summed E-state index contributed by atoms with van der Waals surface area (Å²) < 4.78 is 41.4. The number of likely N-dealkylation sites (N-methyl/N-ethyl adjacent to an activating group) is 1. The maximum absolute atomic E-state index is 14.7. The lowest BCUT2D eigenvalue weighted by atomic mass is 10.0. The first-order chi connectivity index (χ1) is 17.7. The van der Waals surface area contributed by atoms with Gasteiger partial charge in [-0.1, -0.05) is 73.7 Å². The zero-order valence-electron chi connectivity index (χ0n) is 21.2. The lowest BCUT2D eigenvalue weighted by molar-refractivity contribution is -0.139. The zero-order valence-corrected chi connectivity index (χ0v) is 22.0. The molecule has 0 aliphatic heterocycles. The fourth-order valence-electron chi connectivity index (χ4n) is 4.18. The molecule has 7 nitrogen and oxygen atoms in total. The number of rotatable bonds is 11. The van der Waals surface area contributed by atoms with Crippen molar-refractivity contribution in [2.24, 2.45) is 0 Å². The second-order valence-electron chi connectivity index (χ2n) is 8.68. The highest BCUT2D eigenvalue weighted by Crippen LogP contribution is 2.25. The summed E-state index contributed by atoms with van der Waals surface area (Å²) in [6.07, 6.45) is 1.77. The Kier molecular flexibility index (Phi) is 9.41. The minimum absolute atomic E-state index is 0.172. The summed E-state index contributed by atoms with van der Waals surface area (Å²) in [5.74, 6) is -1.58. The van der Waals surface area contributed by atoms with Crippen molar-refractivity contribution in [2.75, 3.05) is 24.2 Å². The standard InChI is InChI=1S/C28H32FN3O4S/c1-4-22-14-9-11-17-25(22)32(37(3,35)36)20-27(33)31(19-23-15-8-10-16-24(23)29)26(28(34)30-2)18-21-12-6-5-7-13-21/h5-17,26H,4,18-20H2,1-3H3,(H,30,34)/t26-/m1/s1. The van der Waals surface area contributed by atoms with Gasteiger partial charge in [0, 0.05) is 25.6 Å². The number of aryl methyl sites for hydroxylation is 1. The van der Waals surface area contributed by atoms with E-state index in [2.05, 4.69) is 5.32 Å². The zero-order chi connectivity index (χ0) is 27.0. The highest BCUT2D eigenvalue weighted by molar-refractivity contribution is 7.92. The van der Waals surface area contributed by atoms with E-state index >= 15 is 0 Å². The summed E-state index contributed by atoms with van der Waals surface area (Å²) >= 11 is 0. The summed E-state index contributed by atoms with van der Waals surface area (Å²) in [6, 6.07) is 21.1. The molecule has 0 aromatic heterocycles. The second-order valence-corrected chi connectivity index (χ2v) is 10.6. The number of para-hydroxylation sites is 1. The number of amides is 2. The van der Waals surface area contributed by atoms with Gasteiger partial charge in [-0.2, -0.15) is 0 Å². The molecular formula is C28H32FN3O4S. The van der Waals surface area contributed by atoms with Gasteiger partial charge in [0.1, 0.15) is 18.4 Å². The summed E-state index contributed by atoms with van der Waals surface area (Å²) in [6.45, 7) is 1.16. The molecule has 9 heteroatoms. The smallest absolute Gasteiger partial charge is 0.244 e. The predicted molar refractivity (Wildman–Crippen MR) is 143 cm³/mol. The molecule has 0 spiro atoms. The van der Waals surface area contributed by atoms with E-state index in [9.17, 15) is 22.4 Å². The fourth-order valence-corrected chi connectivity index (χ4v) is 5.06. The van der Waals surface area contributed by atoms with Gasteiger partial charge in [-0.05, 0) is 29.7 Å². The number of hydrogen-bond donors (Lipinski definition) is 1. The Morgan fingerprint density at radius 2 is 1.51 bits per heavy atom. The quantitative estimate of drug-likeness (QED) is 0.415. The summed E-state index contributed by atoms with van der Waals surface area (Å²) in [4.78, 5) is 28.2. The van der Waals surface area contributed by atoms with Crippen LogP contribution in [0.1, 0.15) is 23.6 Å². The van der Waals surface area contributed by atoms with Crippen LogP contribution in [0.25, 0.3) is 0 Å². The number of benzene rings is 3. The van der Waals surface area contributed by atoms with E-state index < -0.39 is 40.2 Å². The van der Waals surface area contributed by atoms with Gasteiger partial charge in [-0.3, -0.25) is 13.9 Å². The van der Waals surface area contributed by atoms with Gasteiger partial charge < -0.3 is 10.2 Å². The van der Waals surface area contributed by atoms with Crippen molar-refractivity contribution in [1.82, 2.24) is 10.2 Å². The number of carbonyl (C=O) groups is 2. The molecule has 0 fully saturated rings. The Hall–Kier alpha value is -3.72. The monoisotopic (exact) mass is 525 g/mol. The van der Waals surface area contributed by atoms with Gasteiger partial charge in [-0.25, -0.2) is 12.8 Å². The largest absolute Gasteiger partial charge is 0.357 e. The van der Waals surface area contributed by atoms with Crippen molar-refractivity contribution < 1.29 is 22.4 Å². The highest BCUT2D eigenvalue weighted by atomic mass is 32.2. The van der Waals surface area contributed by atoms with Crippen molar-refractivity contribution in [1.29, 1.82) is 0 Å². The number of nitrogens with zero attached hydrogens (tertiary/aromatic N) is 2. The topological polar surface area (TPSA) is 86.8 Å². The molecule has 0 saturated carbocycles. The van der Waals surface area contributed by atoms with Crippen molar-refractivity contribution >= 4 is 27.5 Å². The van der Waals surface area contributed by atoms with Crippen LogP contribution in [0.3, 0.4) is 0 Å². The molecule has 2 amide bonds. The van der Waals surface area contributed by atoms with Crippen LogP contribution < -0.4 is 9.62 Å². The first-order valence-electron chi connectivity index (χ1n) is 12.0. The average molecular weight is 526 g/mol. The summed E-state index contributed by atoms with van der Waals surface area (Å²) in [5.41, 5.74) is 2.18. The molecule has 0 radical (unpaired) electrons. The molecule has 0 bridgehead atoms. The SMILES string of the molecule is CCc1ccccc1N(CC(=O)N(Cc1ccccc1F)[C@H](Cc1ccccc1)C(=O)NC)S(C)(=O)=O. The third-order valence-corrected chi connectivity index (χ3v) is 7.26. The molecular weight excluding hydrogens is 493 g/mol. The van der Waals surface area contributed by atoms with Crippen LogP contribution in [-0.2, 0) is 39.0 Å². The number of halogens is 1. The first-order valence-corrected chi connectivity index (χ1v) is 13.8. The number of nitrogens with one attached hydrogen (secondary N) is 1. The van der Waals surface area contributed by atoms with Gasteiger partial charge in [-0.15, -0.1) is 0 Å². The van der Waals surface area contributed by atoms with Crippen molar-refractivity contribution in [3.8, 4) is 0 Å². The minimum atomic E-state index is -3.86. The molecule has 1 atom stereocenters. The van der Waals surface area contributed by atoms with Crippen molar-refractivity contribution in [3.05, 3.63) is 101 Å². The predicted octanol–water partition coefficient (Wildman–Crippen LogP) is 3.54. The molecule has 0 aliphatic carbocycles. The number of sulfonamides is 1. The lowest BCUT2D eigenvalue weighted by Crippen LogP contribution is -2.53. The molecule has 37 heavy (non-hydrogen) atoms. The van der Waals surface area contributed by atoms with Crippen molar-refractivity contribution in [3.63, 3.8) is 0 Å². The van der Waals surface area contributed by atoms with E-state index in [1.807, 2.05) is 37.3 Å². The minimum Gasteiger partial charge on any atom is -0.357 e. The number of anilines is 1. The summed E-state index contributed by atoms with van der Waals surface area (Å²) in [7, 11) is -2.39. The van der Waals surface area contributed by atoms with Gasteiger partial charge in [0.2, 0.25) is 21.8 Å². The molecule has 0 saturated heterocycles. The van der Waals surface area contributed by atoms with E-state index in [1.54, 1.807) is 36.4 Å². The molecule has 3 rings (SSSR count). The summed E-state index contributed by atoms with van der Waals surface area (Å²) in [5, 5.41) is 2.60. The average Bonchev–Trinajstić information content (AvgIpc) is 2.89. The van der Waals surface area contributed by atoms with Crippen LogP contribution in [0.5, 0.6) is 0 Å². The molecule has 3 aromatic rings. The van der Waals surface area contributed by atoms with E-state index in [-0.39, 0.29) is 18.5 Å². The second kappa shape index (κ2) is 12.5. The fraction of sp³-hybridized carbons (Fsp3) is 0.286. The maximum atomic E-state index is 14.7. The molecule has 0 heterocycles. The Morgan fingerprint density at radius 1 is 0.919 bits per heavy atom. The van der Waals surface area contributed by atoms with Crippen LogP contribution in [0, 0.1) is 5.82 Å². The maximum Gasteiger partial charge on any atom is 0.244 e. The first kappa shape index (κ1) is 27.9. The van der Waals surface area contributed by atoms with Crippen LogP contribution in [-0.4, -0.2) is 51.0 Å². The van der Waals surface area contributed by atoms with Gasteiger partial charge >= 0.3 is 0 Å². The Labute approximate surface area is 218 Å².